The van der Waals surface area contributed by atoms with E-state index in [1.54, 1.807) is 11.7 Å². The van der Waals surface area contributed by atoms with E-state index in [9.17, 15) is 4.79 Å². The van der Waals surface area contributed by atoms with E-state index in [1.165, 1.54) is 0 Å². The van der Waals surface area contributed by atoms with Crippen molar-refractivity contribution in [3.05, 3.63) is 33.7 Å². The summed E-state index contributed by atoms with van der Waals surface area (Å²) in [7, 11) is 1.79. The van der Waals surface area contributed by atoms with Gasteiger partial charge in [-0.05, 0) is 38.7 Å². The lowest BCUT2D eigenvalue weighted by atomic mass is 10.1. The maximum atomic E-state index is 13.1. The monoisotopic (exact) mass is 371 g/mol. The highest BCUT2D eigenvalue weighted by atomic mass is 35.5. The van der Waals surface area contributed by atoms with Gasteiger partial charge in [0.15, 0.2) is 5.82 Å². The second kappa shape index (κ2) is 5.54. The first-order chi connectivity index (χ1) is 12.5. The Balaban J connectivity index is 1.60. The van der Waals surface area contributed by atoms with Gasteiger partial charge in [-0.2, -0.15) is 5.10 Å². The van der Waals surface area contributed by atoms with Crippen LogP contribution < -0.4 is 5.32 Å². The Morgan fingerprint density at radius 2 is 2.04 bits per heavy atom. The van der Waals surface area contributed by atoms with Crippen molar-refractivity contribution in [2.24, 2.45) is 7.05 Å². The Morgan fingerprint density at radius 3 is 2.65 bits per heavy atom. The molecule has 8 heteroatoms. The number of carbonyl (C=O) groups is 1. The Labute approximate surface area is 154 Å². The van der Waals surface area contributed by atoms with Gasteiger partial charge in [0.2, 0.25) is 0 Å². The van der Waals surface area contributed by atoms with Crippen molar-refractivity contribution in [2.45, 2.75) is 44.4 Å². The number of hydrogen-bond donors (Lipinski definition) is 1. The van der Waals surface area contributed by atoms with Crippen molar-refractivity contribution < 1.29 is 9.32 Å². The fourth-order valence-electron chi connectivity index (χ4n) is 3.23. The van der Waals surface area contributed by atoms with Gasteiger partial charge in [0.25, 0.3) is 11.6 Å². The summed E-state index contributed by atoms with van der Waals surface area (Å²) in [6, 6.07) is 1.88. The first-order valence-electron chi connectivity index (χ1n) is 8.83. The second-order valence-electron chi connectivity index (χ2n) is 7.22. The van der Waals surface area contributed by atoms with Crippen molar-refractivity contribution in [1.82, 2.24) is 19.9 Å². The SMILES string of the molecule is Cc1c(Cl)c(NC(=O)c2cc(C3CC3)nc3onc(C4CC4)c23)nn1C. The second-order valence-corrected chi connectivity index (χ2v) is 7.59. The van der Waals surface area contributed by atoms with Crippen molar-refractivity contribution in [2.75, 3.05) is 5.32 Å². The lowest BCUT2D eigenvalue weighted by Gasteiger charge is -2.07. The van der Waals surface area contributed by atoms with E-state index < -0.39 is 0 Å². The van der Waals surface area contributed by atoms with E-state index in [0.29, 0.717) is 34.0 Å². The molecule has 0 aliphatic heterocycles. The number of hydrogen-bond acceptors (Lipinski definition) is 5. The van der Waals surface area contributed by atoms with Crippen LogP contribution in [0.5, 0.6) is 0 Å². The van der Waals surface area contributed by atoms with Crippen LogP contribution in [0.3, 0.4) is 0 Å². The van der Waals surface area contributed by atoms with Crippen LogP contribution in [0.4, 0.5) is 5.82 Å². The Kier molecular flexibility index (Phi) is 3.37. The number of nitrogens with one attached hydrogen (secondary N) is 1. The van der Waals surface area contributed by atoms with Gasteiger partial charge in [-0.3, -0.25) is 9.48 Å². The normalized spacial score (nSPS) is 17.0. The fraction of sp³-hybridized carbons (Fsp3) is 0.444. The molecule has 0 aromatic carbocycles. The molecule has 5 rings (SSSR count). The molecular formula is C18H18ClN5O2. The third kappa shape index (κ3) is 2.49. The number of aryl methyl sites for hydroxylation is 1. The zero-order chi connectivity index (χ0) is 18.0. The number of amides is 1. The fourth-order valence-corrected chi connectivity index (χ4v) is 3.44. The van der Waals surface area contributed by atoms with Gasteiger partial charge in [0, 0.05) is 24.6 Å². The Morgan fingerprint density at radius 1 is 1.31 bits per heavy atom. The molecule has 7 nitrogen and oxygen atoms in total. The summed E-state index contributed by atoms with van der Waals surface area (Å²) in [4.78, 5) is 17.7. The minimum atomic E-state index is -0.260. The molecule has 26 heavy (non-hydrogen) atoms. The molecule has 2 aliphatic carbocycles. The first-order valence-corrected chi connectivity index (χ1v) is 9.21. The molecule has 3 aromatic rings. The predicted molar refractivity (Wildman–Crippen MR) is 96.7 cm³/mol. The summed E-state index contributed by atoms with van der Waals surface area (Å²) in [5, 5.41) is 12.5. The average Bonchev–Trinajstić information content (AvgIpc) is 3.55. The number of halogens is 1. The minimum absolute atomic E-state index is 0.260. The molecule has 0 spiro atoms. The van der Waals surface area contributed by atoms with Crippen LogP contribution in [0.1, 0.15) is 65.0 Å². The number of pyridine rings is 1. The average molecular weight is 372 g/mol. The van der Waals surface area contributed by atoms with E-state index in [0.717, 1.165) is 48.2 Å². The summed E-state index contributed by atoms with van der Waals surface area (Å²) < 4.78 is 7.11. The molecule has 3 aromatic heterocycles. The molecule has 1 N–H and O–H groups in total. The van der Waals surface area contributed by atoms with Gasteiger partial charge in [0.1, 0.15) is 5.02 Å². The lowest BCUT2D eigenvalue weighted by molar-refractivity contribution is 0.102. The molecule has 0 bridgehead atoms. The van der Waals surface area contributed by atoms with Gasteiger partial charge in [-0.1, -0.05) is 16.8 Å². The molecule has 0 radical (unpaired) electrons. The van der Waals surface area contributed by atoms with Crippen molar-refractivity contribution in [1.29, 1.82) is 0 Å². The summed E-state index contributed by atoms with van der Waals surface area (Å²) >= 11 is 6.28. The number of fused-ring (bicyclic) bond motifs is 1. The van der Waals surface area contributed by atoms with Crippen molar-refractivity contribution in [3.8, 4) is 0 Å². The minimum Gasteiger partial charge on any atom is -0.335 e. The molecular weight excluding hydrogens is 354 g/mol. The standard InChI is InChI=1S/C18H18ClN5O2/c1-8-14(19)16(22-24(8)2)21-17(25)11-7-12(9-3-4-9)20-18-13(11)15(23-26-18)10-5-6-10/h7,9-10H,3-6H2,1-2H3,(H,21,22,25). The summed E-state index contributed by atoms with van der Waals surface area (Å²) in [6.45, 7) is 1.85. The van der Waals surface area contributed by atoms with Crippen LogP contribution >= 0.6 is 11.6 Å². The van der Waals surface area contributed by atoms with Gasteiger partial charge in [0.05, 0.1) is 22.3 Å². The predicted octanol–water partition coefficient (Wildman–Crippen LogP) is 3.93. The highest BCUT2D eigenvalue weighted by molar-refractivity contribution is 6.34. The van der Waals surface area contributed by atoms with E-state index in [2.05, 4.69) is 20.6 Å². The third-order valence-electron chi connectivity index (χ3n) is 5.19. The molecule has 2 saturated carbocycles. The van der Waals surface area contributed by atoms with Gasteiger partial charge in [-0.25, -0.2) is 4.98 Å². The van der Waals surface area contributed by atoms with Crippen molar-refractivity contribution in [3.63, 3.8) is 0 Å². The summed E-state index contributed by atoms with van der Waals surface area (Å²) in [5.41, 5.74) is 3.51. The van der Waals surface area contributed by atoms with Crippen LogP contribution in [0.2, 0.25) is 5.02 Å². The number of rotatable bonds is 4. The van der Waals surface area contributed by atoms with Gasteiger partial charge >= 0.3 is 0 Å². The first kappa shape index (κ1) is 15.8. The number of nitrogens with zero attached hydrogens (tertiary/aromatic N) is 4. The highest BCUT2D eigenvalue weighted by Crippen LogP contribution is 2.45. The molecule has 1 amide bonds. The van der Waals surface area contributed by atoms with E-state index >= 15 is 0 Å². The number of anilines is 1. The Bertz CT molecular complexity index is 1050. The molecule has 0 atom stereocenters. The van der Waals surface area contributed by atoms with E-state index in [-0.39, 0.29) is 5.91 Å². The van der Waals surface area contributed by atoms with Crippen LogP contribution in [0.25, 0.3) is 11.1 Å². The molecule has 0 saturated heterocycles. The maximum absolute atomic E-state index is 13.1. The topological polar surface area (TPSA) is 85.8 Å². The number of carbonyl (C=O) groups excluding carboxylic acids is 1. The van der Waals surface area contributed by atoms with E-state index in [1.807, 2.05) is 13.0 Å². The van der Waals surface area contributed by atoms with Gasteiger partial charge in [-0.15, -0.1) is 0 Å². The van der Waals surface area contributed by atoms with Crippen LogP contribution in [0.15, 0.2) is 10.6 Å². The van der Waals surface area contributed by atoms with Crippen LogP contribution in [0, 0.1) is 6.92 Å². The molecule has 2 fully saturated rings. The zero-order valence-corrected chi connectivity index (χ0v) is 15.3. The summed E-state index contributed by atoms with van der Waals surface area (Å²) in [6.07, 6.45) is 4.32. The third-order valence-corrected chi connectivity index (χ3v) is 5.64. The molecule has 3 heterocycles. The van der Waals surface area contributed by atoms with Crippen LogP contribution in [-0.2, 0) is 7.05 Å². The lowest BCUT2D eigenvalue weighted by Crippen LogP contribution is -2.14. The smallest absolute Gasteiger partial charge is 0.259 e. The van der Waals surface area contributed by atoms with E-state index in [4.69, 9.17) is 16.1 Å². The van der Waals surface area contributed by atoms with Crippen LogP contribution in [-0.4, -0.2) is 25.8 Å². The quantitative estimate of drug-likeness (QED) is 0.751. The molecule has 2 aliphatic rings. The Hall–Kier alpha value is -2.41. The molecule has 134 valence electrons. The van der Waals surface area contributed by atoms with Crippen molar-refractivity contribution >= 4 is 34.4 Å². The molecule has 0 unspecified atom stereocenters. The highest BCUT2D eigenvalue weighted by Gasteiger charge is 2.34. The number of aromatic nitrogens is 4. The summed E-state index contributed by atoms with van der Waals surface area (Å²) in [5.74, 6) is 0.863. The zero-order valence-electron chi connectivity index (χ0n) is 14.5. The maximum Gasteiger partial charge on any atom is 0.259 e. The van der Waals surface area contributed by atoms with Gasteiger partial charge < -0.3 is 9.84 Å². The largest absolute Gasteiger partial charge is 0.335 e.